The minimum Gasteiger partial charge on any atom is -0.299 e. The highest BCUT2D eigenvalue weighted by Gasteiger charge is 2.27. The first-order valence-electron chi connectivity index (χ1n) is 9.05. The molecule has 0 amide bonds. The third-order valence-electron chi connectivity index (χ3n) is 5.53. The van der Waals surface area contributed by atoms with Crippen molar-refractivity contribution in [2.24, 2.45) is 0 Å². The Bertz CT molecular complexity index is 677. The van der Waals surface area contributed by atoms with Crippen molar-refractivity contribution in [3.63, 3.8) is 0 Å². The molecule has 2 nitrogen and oxygen atoms in total. The van der Waals surface area contributed by atoms with Crippen molar-refractivity contribution in [1.82, 2.24) is 9.80 Å². The second-order valence-corrected chi connectivity index (χ2v) is 8.04. The number of benzene rings is 2. The molecule has 2 aromatic carbocycles. The number of nitrogens with zero attached hydrogens (tertiary/aromatic N) is 2. The first kappa shape index (κ1) is 16.3. The van der Waals surface area contributed by atoms with E-state index in [-0.39, 0.29) is 0 Å². The molecule has 0 aliphatic carbocycles. The molecule has 0 N–H and O–H groups in total. The third kappa shape index (κ3) is 3.74. The lowest BCUT2D eigenvalue weighted by Gasteiger charge is -2.40. The summed E-state index contributed by atoms with van der Waals surface area (Å²) >= 11 is 3.60. The largest absolute Gasteiger partial charge is 0.299 e. The van der Waals surface area contributed by atoms with Crippen LogP contribution in [0.25, 0.3) is 0 Å². The van der Waals surface area contributed by atoms with E-state index in [0.717, 1.165) is 19.1 Å². The number of fused-ring (bicyclic) bond motifs is 1. The SMILES string of the molecule is Brc1ccc2c(c1)CCN(C1CCN(Cc3ccccc3)CC1)C2. The van der Waals surface area contributed by atoms with Crippen LogP contribution in [0, 0.1) is 0 Å². The summed E-state index contributed by atoms with van der Waals surface area (Å²) in [6.07, 6.45) is 3.80. The van der Waals surface area contributed by atoms with Gasteiger partial charge in [-0.15, -0.1) is 0 Å². The maximum atomic E-state index is 3.60. The van der Waals surface area contributed by atoms with Gasteiger partial charge < -0.3 is 0 Å². The van der Waals surface area contributed by atoms with Crippen LogP contribution < -0.4 is 0 Å². The van der Waals surface area contributed by atoms with Crippen molar-refractivity contribution in [1.29, 1.82) is 0 Å². The summed E-state index contributed by atoms with van der Waals surface area (Å²) in [6, 6.07) is 18.4. The summed E-state index contributed by atoms with van der Waals surface area (Å²) in [7, 11) is 0. The summed E-state index contributed by atoms with van der Waals surface area (Å²) in [5, 5.41) is 0. The van der Waals surface area contributed by atoms with Gasteiger partial charge in [0.1, 0.15) is 0 Å². The summed E-state index contributed by atoms with van der Waals surface area (Å²) in [5.41, 5.74) is 4.49. The molecular formula is C21H25BrN2. The average molecular weight is 385 g/mol. The Labute approximate surface area is 153 Å². The number of halogens is 1. The zero-order valence-electron chi connectivity index (χ0n) is 14.1. The minimum absolute atomic E-state index is 0.758. The number of hydrogen-bond donors (Lipinski definition) is 0. The molecule has 1 fully saturated rings. The predicted octanol–water partition coefficient (Wildman–Crippen LogP) is 4.47. The van der Waals surface area contributed by atoms with E-state index in [1.54, 1.807) is 0 Å². The van der Waals surface area contributed by atoms with Crippen LogP contribution >= 0.6 is 15.9 Å². The van der Waals surface area contributed by atoms with Crippen molar-refractivity contribution < 1.29 is 0 Å². The summed E-state index contributed by atoms with van der Waals surface area (Å²) in [4.78, 5) is 5.33. The fourth-order valence-corrected chi connectivity index (χ4v) is 4.55. The highest BCUT2D eigenvalue weighted by atomic mass is 79.9. The Kier molecular flexibility index (Phi) is 5.02. The van der Waals surface area contributed by atoms with Gasteiger partial charge >= 0.3 is 0 Å². The molecule has 4 rings (SSSR count). The van der Waals surface area contributed by atoms with E-state index >= 15 is 0 Å². The lowest BCUT2D eigenvalue weighted by Crippen LogP contribution is -2.46. The van der Waals surface area contributed by atoms with E-state index in [2.05, 4.69) is 74.3 Å². The third-order valence-corrected chi connectivity index (χ3v) is 6.03. The van der Waals surface area contributed by atoms with Gasteiger partial charge in [0.15, 0.2) is 0 Å². The molecule has 24 heavy (non-hydrogen) atoms. The van der Waals surface area contributed by atoms with Crippen molar-refractivity contribution >= 4 is 15.9 Å². The molecule has 0 atom stereocenters. The van der Waals surface area contributed by atoms with Gasteiger partial charge in [0.25, 0.3) is 0 Å². The Morgan fingerprint density at radius 2 is 1.71 bits per heavy atom. The average Bonchev–Trinajstić information content (AvgIpc) is 2.63. The van der Waals surface area contributed by atoms with Crippen molar-refractivity contribution in [3.8, 4) is 0 Å². The molecule has 0 bridgehead atoms. The zero-order valence-corrected chi connectivity index (χ0v) is 15.7. The van der Waals surface area contributed by atoms with Crippen molar-refractivity contribution in [2.75, 3.05) is 19.6 Å². The lowest BCUT2D eigenvalue weighted by atomic mass is 9.95. The monoisotopic (exact) mass is 384 g/mol. The molecule has 2 aromatic rings. The van der Waals surface area contributed by atoms with Crippen LogP contribution in [0.3, 0.4) is 0 Å². The molecule has 0 radical (unpaired) electrons. The van der Waals surface area contributed by atoms with E-state index in [4.69, 9.17) is 0 Å². The van der Waals surface area contributed by atoms with Crippen LogP contribution in [0.4, 0.5) is 0 Å². The van der Waals surface area contributed by atoms with E-state index in [1.807, 2.05) is 0 Å². The van der Waals surface area contributed by atoms with E-state index < -0.39 is 0 Å². The number of piperidine rings is 1. The quantitative estimate of drug-likeness (QED) is 0.769. The van der Waals surface area contributed by atoms with E-state index in [0.29, 0.717) is 0 Å². The molecule has 2 heterocycles. The smallest absolute Gasteiger partial charge is 0.0239 e. The molecule has 0 spiro atoms. The first-order chi connectivity index (χ1) is 11.8. The molecular weight excluding hydrogens is 360 g/mol. The van der Waals surface area contributed by atoms with Gasteiger partial charge in [-0.3, -0.25) is 9.80 Å². The Morgan fingerprint density at radius 3 is 2.50 bits per heavy atom. The Hall–Kier alpha value is -1.16. The fraction of sp³-hybridized carbons (Fsp3) is 0.429. The van der Waals surface area contributed by atoms with E-state index in [1.165, 1.54) is 60.1 Å². The standard InChI is InChI=1S/C21H25BrN2/c22-20-7-6-19-16-24(13-8-18(19)14-20)21-9-11-23(12-10-21)15-17-4-2-1-3-5-17/h1-7,14,21H,8-13,15-16H2. The molecule has 0 aromatic heterocycles. The minimum atomic E-state index is 0.758. The van der Waals surface area contributed by atoms with Gasteiger partial charge in [0.2, 0.25) is 0 Å². The van der Waals surface area contributed by atoms with Gasteiger partial charge in [0.05, 0.1) is 0 Å². The lowest BCUT2D eigenvalue weighted by molar-refractivity contribution is 0.0949. The number of rotatable bonds is 3. The van der Waals surface area contributed by atoms with Gasteiger partial charge in [0, 0.05) is 30.1 Å². The van der Waals surface area contributed by atoms with Crippen molar-refractivity contribution in [3.05, 3.63) is 69.7 Å². The first-order valence-corrected chi connectivity index (χ1v) is 9.85. The molecule has 1 saturated heterocycles. The summed E-state index contributed by atoms with van der Waals surface area (Å²) in [6.45, 7) is 5.90. The van der Waals surface area contributed by atoms with Crippen LogP contribution in [-0.2, 0) is 19.5 Å². The topological polar surface area (TPSA) is 6.48 Å². The van der Waals surface area contributed by atoms with Crippen LogP contribution in [-0.4, -0.2) is 35.5 Å². The summed E-state index contributed by atoms with van der Waals surface area (Å²) < 4.78 is 1.21. The van der Waals surface area contributed by atoms with Gasteiger partial charge in [-0.1, -0.05) is 52.3 Å². The van der Waals surface area contributed by atoms with Crippen LogP contribution in [0.5, 0.6) is 0 Å². The maximum absolute atomic E-state index is 3.60. The zero-order chi connectivity index (χ0) is 16.4. The molecule has 0 saturated carbocycles. The molecule has 3 heteroatoms. The highest BCUT2D eigenvalue weighted by Crippen LogP contribution is 2.27. The van der Waals surface area contributed by atoms with Crippen LogP contribution in [0.15, 0.2) is 53.0 Å². The van der Waals surface area contributed by atoms with Crippen LogP contribution in [0.1, 0.15) is 29.5 Å². The maximum Gasteiger partial charge on any atom is 0.0239 e. The van der Waals surface area contributed by atoms with Gasteiger partial charge in [-0.25, -0.2) is 0 Å². The second-order valence-electron chi connectivity index (χ2n) is 7.13. The molecule has 2 aliphatic rings. The molecule has 2 aliphatic heterocycles. The highest BCUT2D eigenvalue weighted by molar-refractivity contribution is 9.10. The number of hydrogen-bond acceptors (Lipinski definition) is 2. The van der Waals surface area contributed by atoms with Crippen LogP contribution in [0.2, 0.25) is 0 Å². The second kappa shape index (κ2) is 7.38. The van der Waals surface area contributed by atoms with Gasteiger partial charge in [-0.2, -0.15) is 0 Å². The van der Waals surface area contributed by atoms with Gasteiger partial charge in [-0.05, 0) is 61.2 Å². The predicted molar refractivity (Wildman–Crippen MR) is 103 cm³/mol. The Morgan fingerprint density at radius 1 is 0.917 bits per heavy atom. The normalized spacial score (nSPS) is 20.0. The van der Waals surface area contributed by atoms with Crippen molar-refractivity contribution in [2.45, 2.75) is 38.4 Å². The Balaban J connectivity index is 1.32. The molecule has 126 valence electrons. The number of likely N-dealkylation sites (tertiary alicyclic amines) is 1. The fourth-order valence-electron chi connectivity index (χ4n) is 4.14. The summed E-state index contributed by atoms with van der Waals surface area (Å²) in [5.74, 6) is 0. The molecule has 0 unspecified atom stereocenters. The van der Waals surface area contributed by atoms with E-state index in [9.17, 15) is 0 Å².